The van der Waals surface area contributed by atoms with Crippen molar-refractivity contribution in [1.29, 1.82) is 0 Å². The van der Waals surface area contributed by atoms with Gasteiger partial charge in [0.25, 0.3) is 0 Å². The first-order chi connectivity index (χ1) is 20.7. The number of phenolic OH excluding ortho intramolecular Hbond substituents is 1. The number of allylic oxidation sites excluding steroid dienone is 2. The molecule has 12 nitrogen and oxygen atoms in total. The number of hydrogen-bond donors (Lipinski definition) is 1. The molecule has 2 aliphatic heterocycles. The smallest absolute Gasteiger partial charge is 0.352 e. The first-order valence-corrected chi connectivity index (χ1v) is 14.8. The van der Waals surface area contributed by atoms with Crippen LogP contribution in [0.25, 0.3) is 11.4 Å². The minimum absolute atomic E-state index is 0.0582. The zero-order chi connectivity index (χ0) is 30.2. The van der Waals surface area contributed by atoms with E-state index in [-0.39, 0.29) is 29.1 Å². The van der Waals surface area contributed by atoms with E-state index in [9.17, 15) is 24.3 Å². The average Bonchev–Trinajstić information content (AvgIpc) is 3.43. The maximum Gasteiger partial charge on any atom is 0.352 e. The minimum atomic E-state index is -0.917. The first-order valence-electron chi connectivity index (χ1n) is 13.2. The number of ether oxygens (including phenoxy) is 1. The summed E-state index contributed by atoms with van der Waals surface area (Å²) in [7, 11) is 1.40. The summed E-state index contributed by atoms with van der Waals surface area (Å²) in [5.74, 6) is -0.0166. The van der Waals surface area contributed by atoms with E-state index in [1.54, 1.807) is 66.7 Å². The summed E-state index contributed by atoms with van der Waals surface area (Å²) in [5, 5.41) is 10.7. The van der Waals surface area contributed by atoms with Gasteiger partial charge in [0.05, 0.1) is 42.1 Å². The van der Waals surface area contributed by atoms with Crippen molar-refractivity contribution < 1.29 is 9.84 Å². The Hall–Kier alpha value is -4.56. The third kappa shape index (κ3) is 3.86. The van der Waals surface area contributed by atoms with Crippen LogP contribution in [0.2, 0.25) is 0 Å². The second-order valence-corrected chi connectivity index (χ2v) is 11.7. The van der Waals surface area contributed by atoms with Gasteiger partial charge < -0.3 is 9.84 Å². The Morgan fingerprint density at radius 2 is 1.33 bits per heavy atom. The van der Waals surface area contributed by atoms with Crippen LogP contribution in [0.15, 0.2) is 107 Å². The van der Waals surface area contributed by atoms with Gasteiger partial charge in [-0.1, -0.05) is 42.5 Å². The molecule has 7 rings (SSSR count). The van der Waals surface area contributed by atoms with E-state index in [1.807, 2.05) is 6.08 Å². The minimum Gasteiger partial charge on any atom is -0.503 e. The number of fused-ring (bicyclic) bond motifs is 4. The van der Waals surface area contributed by atoms with E-state index in [0.29, 0.717) is 27.0 Å². The summed E-state index contributed by atoms with van der Waals surface area (Å²) in [4.78, 5) is 55.5. The van der Waals surface area contributed by atoms with Crippen molar-refractivity contribution in [2.24, 2.45) is 0 Å². The van der Waals surface area contributed by atoms with Gasteiger partial charge in [-0.2, -0.15) is 0 Å². The fourth-order valence-corrected chi connectivity index (χ4v) is 6.94. The summed E-state index contributed by atoms with van der Waals surface area (Å²) < 4.78 is 13.7. The summed E-state index contributed by atoms with van der Waals surface area (Å²) in [6, 6.07) is 17.0. The highest BCUT2D eigenvalue weighted by Gasteiger charge is 2.42. The Labute approximate surface area is 258 Å². The Balaban J connectivity index is 1.54. The van der Waals surface area contributed by atoms with E-state index in [1.165, 1.54) is 25.8 Å². The maximum absolute atomic E-state index is 14.1. The SMILES string of the molecule is COc1cc([C@H]2C3=CCn4c(=O)n(-c5ccccc5)c(=O)n4[C@@H]3Cn3c(=O)n(-c4ccccc4)c(=O)n32)c(Br)c(Br)c1O. The standard InChI is InChI=1S/C29H22Br2N6O6/c1-43-21-14-19(22(30)23(31)25(21)38)24-18-12-13-32-26(39)34(16-8-4-2-5-9-16)28(41)36(32)20(18)15-33-27(40)35(29(42)37(24)33)17-10-6-3-7-11-17/h2-12,14,20,24,38H,13,15H2,1H3/t20-,24-/m1/s1. The normalized spacial score (nSPS) is 17.1. The van der Waals surface area contributed by atoms with Gasteiger partial charge in [-0.15, -0.1) is 0 Å². The molecule has 218 valence electrons. The largest absolute Gasteiger partial charge is 0.503 e. The van der Waals surface area contributed by atoms with Crippen LogP contribution in [0, 0.1) is 0 Å². The summed E-state index contributed by atoms with van der Waals surface area (Å²) in [6.07, 6.45) is 1.81. The fourth-order valence-electron chi connectivity index (χ4n) is 6.00. The summed E-state index contributed by atoms with van der Waals surface area (Å²) in [5.41, 5.74) is -0.361. The number of methoxy groups -OCH3 is 1. The number of aromatic nitrogens is 6. The zero-order valence-corrected chi connectivity index (χ0v) is 25.6. The third-order valence-electron chi connectivity index (χ3n) is 7.92. The predicted molar refractivity (Wildman–Crippen MR) is 164 cm³/mol. The predicted octanol–water partition coefficient (Wildman–Crippen LogP) is 2.94. The van der Waals surface area contributed by atoms with E-state index < -0.39 is 34.8 Å². The lowest BCUT2D eigenvalue weighted by Crippen LogP contribution is -2.47. The van der Waals surface area contributed by atoms with Gasteiger partial charge in [0.1, 0.15) is 6.04 Å². The van der Waals surface area contributed by atoms with Crippen LogP contribution in [0.4, 0.5) is 0 Å². The van der Waals surface area contributed by atoms with Crippen LogP contribution >= 0.6 is 31.9 Å². The molecular formula is C29H22Br2N6O6. The van der Waals surface area contributed by atoms with Crippen molar-refractivity contribution in [3.05, 3.63) is 135 Å². The Morgan fingerprint density at radius 3 is 1.91 bits per heavy atom. The van der Waals surface area contributed by atoms with Crippen molar-refractivity contribution in [3.8, 4) is 22.9 Å². The Kier molecular flexibility index (Phi) is 6.36. The summed E-state index contributed by atoms with van der Waals surface area (Å²) in [6.45, 7) is -0.0228. The number of para-hydroxylation sites is 2. The lowest BCUT2D eigenvalue weighted by atomic mass is 9.90. The second kappa shape index (κ2) is 10.0. The van der Waals surface area contributed by atoms with Crippen molar-refractivity contribution in [1.82, 2.24) is 27.9 Å². The van der Waals surface area contributed by atoms with Crippen molar-refractivity contribution in [2.45, 2.75) is 25.2 Å². The second-order valence-electron chi connectivity index (χ2n) is 10.1. The molecule has 43 heavy (non-hydrogen) atoms. The molecule has 14 heteroatoms. The molecule has 0 fully saturated rings. The highest BCUT2D eigenvalue weighted by molar-refractivity contribution is 9.13. The number of rotatable bonds is 4. The molecule has 0 unspecified atom stereocenters. The van der Waals surface area contributed by atoms with Gasteiger partial charge in [0.2, 0.25) is 0 Å². The molecule has 0 radical (unpaired) electrons. The molecule has 0 spiro atoms. The third-order valence-corrected chi connectivity index (χ3v) is 10.1. The molecule has 0 aliphatic carbocycles. The maximum atomic E-state index is 14.1. The van der Waals surface area contributed by atoms with Gasteiger partial charge >= 0.3 is 22.8 Å². The van der Waals surface area contributed by atoms with Crippen molar-refractivity contribution in [2.75, 3.05) is 7.11 Å². The monoisotopic (exact) mass is 708 g/mol. The number of halogens is 2. The first kappa shape index (κ1) is 27.3. The molecular weight excluding hydrogens is 688 g/mol. The molecule has 0 amide bonds. The average molecular weight is 710 g/mol. The van der Waals surface area contributed by atoms with Crippen LogP contribution in [-0.4, -0.2) is 40.1 Å². The van der Waals surface area contributed by atoms with Gasteiger partial charge in [0.15, 0.2) is 11.5 Å². The molecule has 4 heterocycles. The molecule has 3 aromatic carbocycles. The summed E-state index contributed by atoms with van der Waals surface area (Å²) >= 11 is 6.96. The van der Waals surface area contributed by atoms with Gasteiger partial charge in [-0.25, -0.2) is 47.0 Å². The number of nitrogens with zero attached hydrogens (tertiary/aromatic N) is 6. The number of benzene rings is 3. The van der Waals surface area contributed by atoms with Crippen LogP contribution in [0.1, 0.15) is 17.6 Å². The van der Waals surface area contributed by atoms with Crippen LogP contribution in [-0.2, 0) is 13.1 Å². The molecule has 0 saturated carbocycles. The molecule has 2 aromatic heterocycles. The topological polar surface area (TPSA) is 127 Å². The van der Waals surface area contributed by atoms with E-state index in [2.05, 4.69) is 31.9 Å². The Morgan fingerprint density at radius 1 is 0.767 bits per heavy atom. The number of phenols is 1. The van der Waals surface area contributed by atoms with Gasteiger partial charge in [0, 0.05) is 10.0 Å². The number of aromatic hydroxyl groups is 1. The highest BCUT2D eigenvalue weighted by atomic mass is 79.9. The molecule has 1 N–H and O–H groups in total. The van der Waals surface area contributed by atoms with Crippen LogP contribution < -0.4 is 27.5 Å². The molecule has 0 bridgehead atoms. The highest BCUT2D eigenvalue weighted by Crippen LogP contribution is 2.48. The molecule has 0 saturated heterocycles. The fraction of sp³-hybridized carbons (Fsp3) is 0.172. The zero-order valence-electron chi connectivity index (χ0n) is 22.4. The quantitative estimate of drug-likeness (QED) is 0.286. The molecule has 2 aliphatic rings. The Bertz CT molecular complexity index is 2200. The van der Waals surface area contributed by atoms with Crippen LogP contribution in [0.3, 0.4) is 0 Å². The molecule has 2 atom stereocenters. The van der Waals surface area contributed by atoms with Crippen LogP contribution in [0.5, 0.6) is 11.5 Å². The van der Waals surface area contributed by atoms with E-state index >= 15 is 0 Å². The number of hydrogen-bond acceptors (Lipinski definition) is 6. The lowest BCUT2D eigenvalue weighted by molar-refractivity contribution is 0.245. The van der Waals surface area contributed by atoms with Crippen molar-refractivity contribution >= 4 is 31.9 Å². The van der Waals surface area contributed by atoms with Gasteiger partial charge in [-0.3, -0.25) is 0 Å². The van der Waals surface area contributed by atoms with E-state index in [0.717, 1.165) is 9.13 Å². The van der Waals surface area contributed by atoms with E-state index in [4.69, 9.17) is 4.74 Å². The lowest BCUT2D eigenvalue weighted by Gasteiger charge is -2.38. The van der Waals surface area contributed by atoms with Gasteiger partial charge in [-0.05, 0) is 67.8 Å². The van der Waals surface area contributed by atoms with Crippen molar-refractivity contribution in [3.63, 3.8) is 0 Å². The molecule has 5 aromatic rings.